The van der Waals surface area contributed by atoms with Gasteiger partial charge in [-0.1, -0.05) is 24.3 Å². The highest BCUT2D eigenvalue weighted by Crippen LogP contribution is 2.21. The van der Waals surface area contributed by atoms with Gasteiger partial charge in [0.2, 0.25) is 0 Å². The van der Waals surface area contributed by atoms with Gasteiger partial charge in [0.05, 0.1) is 13.2 Å². The number of ether oxygens (including phenoxy) is 1. The summed E-state index contributed by atoms with van der Waals surface area (Å²) in [6.07, 6.45) is 2.34. The molecule has 2 atom stereocenters. The molecule has 1 aromatic rings. The van der Waals surface area contributed by atoms with E-state index in [1.165, 1.54) is 17.5 Å². The van der Waals surface area contributed by atoms with Crippen molar-refractivity contribution in [2.24, 2.45) is 10.9 Å². The summed E-state index contributed by atoms with van der Waals surface area (Å²) in [5.74, 6) is 1.69. The Balaban J connectivity index is 1.57. The summed E-state index contributed by atoms with van der Waals surface area (Å²) in [5.41, 5.74) is 2.98. The van der Waals surface area contributed by atoms with E-state index in [4.69, 9.17) is 9.73 Å². The Hall–Kier alpha value is -1.59. The van der Waals surface area contributed by atoms with Crippen LogP contribution in [0, 0.1) is 5.92 Å². The molecule has 2 heterocycles. The van der Waals surface area contributed by atoms with E-state index in [1.54, 1.807) is 7.11 Å². The van der Waals surface area contributed by atoms with Gasteiger partial charge in [0.15, 0.2) is 5.96 Å². The summed E-state index contributed by atoms with van der Waals surface area (Å²) in [5, 5.41) is 3.48. The molecule has 144 valence electrons. The number of benzene rings is 1. The molecule has 1 fully saturated rings. The van der Waals surface area contributed by atoms with Gasteiger partial charge in [-0.2, -0.15) is 0 Å². The van der Waals surface area contributed by atoms with Gasteiger partial charge in [-0.3, -0.25) is 9.89 Å². The number of methoxy groups -OCH3 is 1. The second-order valence-electron chi connectivity index (χ2n) is 7.59. The first-order chi connectivity index (χ1) is 12.7. The van der Waals surface area contributed by atoms with Crippen LogP contribution in [0.2, 0.25) is 0 Å². The smallest absolute Gasteiger partial charge is 0.193 e. The number of aliphatic imine (C=N–C) groups is 1. The van der Waals surface area contributed by atoms with Crippen LogP contribution in [-0.2, 0) is 17.7 Å². The molecule has 5 heteroatoms. The molecule has 0 amide bonds. The van der Waals surface area contributed by atoms with Gasteiger partial charge in [-0.05, 0) is 37.8 Å². The fraction of sp³-hybridized carbons (Fsp3) is 0.667. The van der Waals surface area contributed by atoms with Crippen LogP contribution in [0.5, 0.6) is 0 Å². The molecular weight excluding hydrogens is 324 g/mol. The standard InChI is InChI=1S/C21H34N4O/c1-4-22-21(25-11-9-18(14-25)16-26-3)23-13-17(2)24-12-10-19-7-5-6-8-20(19)15-24/h5-8,17-18H,4,9-16H2,1-3H3,(H,22,23). The molecule has 26 heavy (non-hydrogen) atoms. The Kier molecular flexibility index (Phi) is 6.92. The highest BCUT2D eigenvalue weighted by atomic mass is 16.5. The number of likely N-dealkylation sites (tertiary alicyclic amines) is 1. The lowest BCUT2D eigenvalue weighted by atomic mass is 9.99. The molecule has 0 bridgehead atoms. The van der Waals surface area contributed by atoms with E-state index < -0.39 is 0 Å². The second kappa shape index (κ2) is 9.38. The van der Waals surface area contributed by atoms with Crippen molar-refractivity contribution in [3.8, 4) is 0 Å². The molecule has 1 aromatic carbocycles. The minimum atomic E-state index is 0.453. The largest absolute Gasteiger partial charge is 0.384 e. The summed E-state index contributed by atoms with van der Waals surface area (Å²) in [6.45, 7) is 11.3. The third kappa shape index (κ3) is 4.77. The van der Waals surface area contributed by atoms with Crippen molar-refractivity contribution < 1.29 is 4.74 Å². The molecule has 0 aromatic heterocycles. The molecular formula is C21H34N4O. The van der Waals surface area contributed by atoms with Crippen LogP contribution in [0.15, 0.2) is 29.3 Å². The molecule has 0 radical (unpaired) electrons. The van der Waals surface area contributed by atoms with Crippen molar-refractivity contribution >= 4 is 5.96 Å². The Morgan fingerprint density at radius 1 is 1.31 bits per heavy atom. The maximum absolute atomic E-state index is 5.33. The van der Waals surface area contributed by atoms with Crippen LogP contribution in [-0.4, -0.2) is 68.2 Å². The number of nitrogens with zero attached hydrogens (tertiary/aromatic N) is 3. The Labute approximate surface area is 158 Å². The monoisotopic (exact) mass is 358 g/mol. The predicted molar refractivity (Wildman–Crippen MR) is 108 cm³/mol. The maximum Gasteiger partial charge on any atom is 0.193 e. The lowest BCUT2D eigenvalue weighted by molar-refractivity contribution is 0.157. The van der Waals surface area contributed by atoms with Gasteiger partial charge in [-0.15, -0.1) is 0 Å². The fourth-order valence-electron chi connectivity index (χ4n) is 4.05. The molecule has 2 unspecified atom stereocenters. The minimum Gasteiger partial charge on any atom is -0.384 e. The van der Waals surface area contributed by atoms with E-state index in [0.29, 0.717) is 12.0 Å². The average Bonchev–Trinajstić information content (AvgIpc) is 3.13. The highest BCUT2D eigenvalue weighted by molar-refractivity contribution is 5.80. The Bertz CT molecular complexity index is 603. The number of fused-ring (bicyclic) bond motifs is 1. The van der Waals surface area contributed by atoms with Crippen molar-refractivity contribution in [1.29, 1.82) is 0 Å². The van der Waals surface area contributed by atoms with Crippen LogP contribution in [0.3, 0.4) is 0 Å². The summed E-state index contributed by atoms with van der Waals surface area (Å²) >= 11 is 0. The van der Waals surface area contributed by atoms with Gasteiger partial charge in [0.1, 0.15) is 0 Å². The van der Waals surface area contributed by atoms with Crippen LogP contribution in [0.25, 0.3) is 0 Å². The zero-order valence-corrected chi connectivity index (χ0v) is 16.6. The van der Waals surface area contributed by atoms with E-state index in [9.17, 15) is 0 Å². The number of hydrogen-bond acceptors (Lipinski definition) is 3. The first kappa shape index (κ1) is 19.2. The molecule has 2 aliphatic heterocycles. The Morgan fingerprint density at radius 3 is 2.88 bits per heavy atom. The van der Waals surface area contributed by atoms with Crippen LogP contribution >= 0.6 is 0 Å². The SMILES string of the molecule is CCNC(=NCC(C)N1CCc2ccccc2C1)N1CCC(COC)C1. The van der Waals surface area contributed by atoms with Gasteiger partial charge in [0.25, 0.3) is 0 Å². The summed E-state index contributed by atoms with van der Waals surface area (Å²) < 4.78 is 5.33. The second-order valence-corrected chi connectivity index (χ2v) is 7.59. The normalized spacial score (nSPS) is 22.3. The zero-order valence-electron chi connectivity index (χ0n) is 16.6. The quantitative estimate of drug-likeness (QED) is 0.626. The van der Waals surface area contributed by atoms with Crippen LogP contribution in [0.1, 0.15) is 31.4 Å². The average molecular weight is 359 g/mol. The molecule has 3 rings (SSSR count). The van der Waals surface area contributed by atoms with Crippen molar-refractivity contribution in [2.75, 3.05) is 46.4 Å². The zero-order chi connectivity index (χ0) is 18.4. The topological polar surface area (TPSA) is 40.1 Å². The predicted octanol–water partition coefficient (Wildman–Crippen LogP) is 2.37. The third-order valence-corrected chi connectivity index (χ3v) is 5.61. The Morgan fingerprint density at radius 2 is 2.12 bits per heavy atom. The molecule has 0 saturated carbocycles. The number of rotatable bonds is 6. The number of hydrogen-bond donors (Lipinski definition) is 1. The molecule has 0 aliphatic carbocycles. The van der Waals surface area contributed by atoms with E-state index in [1.807, 2.05) is 0 Å². The van der Waals surface area contributed by atoms with Crippen molar-refractivity contribution in [2.45, 2.75) is 39.3 Å². The van der Waals surface area contributed by atoms with E-state index in [2.05, 4.69) is 53.2 Å². The van der Waals surface area contributed by atoms with Crippen molar-refractivity contribution in [3.05, 3.63) is 35.4 Å². The summed E-state index contributed by atoms with van der Waals surface area (Å²) in [7, 11) is 1.79. The van der Waals surface area contributed by atoms with E-state index >= 15 is 0 Å². The minimum absolute atomic E-state index is 0.453. The summed E-state index contributed by atoms with van der Waals surface area (Å²) in [6, 6.07) is 9.29. The van der Waals surface area contributed by atoms with E-state index in [-0.39, 0.29) is 0 Å². The molecule has 0 spiro atoms. The first-order valence-electron chi connectivity index (χ1n) is 10.0. The third-order valence-electron chi connectivity index (χ3n) is 5.61. The number of nitrogens with one attached hydrogen (secondary N) is 1. The van der Waals surface area contributed by atoms with Gasteiger partial charge >= 0.3 is 0 Å². The lowest BCUT2D eigenvalue weighted by Gasteiger charge is -2.33. The van der Waals surface area contributed by atoms with Crippen LogP contribution in [0.4, 0.5) is 0 Å². The van der Waals surface area contributed by atoms with Crippen LogP contribution < -0.4 is 5.32 Å². The molecule has 1 saturated heterocycles. The van der Waals surface area contributed by atoms with Gasteiger partial charge in [0, 0.05) is 51.8 Å². The maximum atomic E-state index is 5.33. The molecule has 2 aliphatic rings. The summed E-state index contributed by atoms with van der Waals surface area (Å²) in [4.78, 5) is 9.93. The lowest BCUT2D eigenvalue weighted by Crippen LogP contribution is -2.43. The van der Waals surface area contributed by atoms with E-state index in [0.717, 1.165) is 58.3 Å². The van der Waals surface area contributed by atoms with Gasteiger partial charge < -0.3 is 15.0 Å². The van der Waals surface area contributed by atoms with Gasteiger partial charge in [-0.25, -0.2) is 0 Å². The molecule has 5 nitrogen and oxygen atoms in total. The van der Waals surface area contributed by atoms with Crippen molar-refractivity contribution in [1.82, 2.24) is 15.1 Å². The first-order valence-corrected chi connectivity index (χ1v) is 10.0. The van der Waals surface area contributed by atoms with Crippen molar-refractivity contribution in [3.63, 3.8) is 0 Å². The fourth-order valence-corrected chi connectivity index (χ4v) is 4.05. The highest BCUT2D eigenvalue weighted by Gasteiger charge is 2.25. The number of guanidine groups is 1. The molecule has 1 N–H and O–H groups in total.